The van der Waals surface area contributed by atoms with Crippen molar-refractivity contribution in [2.24, 2.45) is 17.8 Å². The molecule has 1 atom stereocenters. The lowest BCUT2D eigenvalue weighted by atomic mass is 10.0. The summed E-state index contributed by atoms with van der Waals surface area (Å²) in [7, 11) is 0. The van der Waals surface area contributed by atoms with E-state index in [1.807, 2.05) is 0 Å². The summed E-state index contributed by atoms with van der Waals surface area (Å²) in [5.74, 6) is 1.68. The van der Waals surface area contributed by atoms with Crippen LogP contribution in [0, 0.1) is 17.8 Å². The lowest BCUT2D eigenvalue weighted by Crippen LogP contribution is -2.30. The molecule has 0 aromatic rings. The predicted molar refractivity (Wildman–Crippen MR) is 284 cm³/mol. The summed E-state index contributed by atoms with van der Waals surface area (Å²) in [6, 6.07) is 0. The second-order valence-corrected chi connectivity index (χ2v) is 22.1. The van der Waals surface area contributed by atoms with Crippen LogP contribution in [0.2, 0.25) is 0 Å². The first kappa shape index (κ1) is 64.4. The van der Waals surface area contributed by atoms with Crippen molar-refractivity contribution in [3.8, 4) is 0 Å². The van der Waals surface area contributed by atoms with Crippen LogP contribution in [-0.2, 0) is 28.6 Å². The zero-order chi connectivity index (χ0) is 48.4. The quantitative estimate of drug-likeness (QED) is 0.0343. The molecule has 6 nitrogen and oxygen atoms in total. The fourth-order valence-electron chi connectivity index (χ4n) is 9.18. The van der Waals surface area contributed by atoms with Gasteiger partial charge in [-0.15, -0.1) is 0 Å². The standard InChI is InChI=1S/C60H116O6/c1-54(2)46-40-34-28-22-16-10-7-8-12-19-25-31-37-43-49-58(61)64-52-57(53-65-59(62)50-44-38-32-26-20-15-14-18-24-30-36-42-48-56(5)6)66-60(63)51-45-39-33-27-21-13-9-11-17-23-29-35-41-47-55(3)4/h54-57H,7-53H2,1-6H3/t57-/m0/s1. The number of esters is 3. The third-order valence-electron chi connectivity index (χ3n) is 13.6. The van der Waals surface area contributed by atoms with Crippen LogP contribution in [0.4, 0.5) is 0 Å². The monoisotopic (exact) mass is 933 g/mol. The van der Waals surface area contributed by atoms with Gasteiger partial charge >= 0.3 is 17.9 Å². The fourth-order valence-corrected chi connectivity index (χ4v) is 9.18. The van der Waals surface area contributed by atoms with Gasteiger partial charge in [-0.25, -0.2) is 0 Å². The molecule has 0 aliphatic rings. The predicted octanol–water partition coefficient (Wildman–Crippen LogP) is 19.5. The van der Waals surface area contributed by atoms with E-state index in [9.17, 15) is 14.4 Å². The maximum Gasteiger partial charge on any atom is 0.306 e. The Hall–Kier alpha value is -1.59. The molecule has 0 aromatic carbocycles. The van der Waals surface area contributed by atoms with Crippen molar-refractivity contribution in [3.05, 3.63) is 0 Å². The lowest BCUT2D eigenvalue weighted by Gasteiger charge is -2.18. The van der Waals surface area contributed by atoms with Gasteiger partial charge in [-0.3, -0.25) is 14.4 Å². The third kappa shape index (κ3) is 53.4. The highest BCUT2D eigenvalue weighted by atomic mass is 16.6. The third-order valence-corrected chi connectivity index (χ3v) is 13.6. The van der Waals surface area contributed by atoms with Gasteiger partial charge in [0.1, 0.15) is 13.2 Å². The van der Waals surface area contributed by atoms with Crippen LogP contribution in [0.15, 0.2) is 0 Å². The number of ether oxygens (including phenoxy) is 3. The molecule has 0 rings (SSSR count). The van der Waals surface area contributed by atoms with E-state index in [0.29, 0.717) is 19.3 Å². The average Bonchev–Trinajstić information content (AvgIpc) is 3.28. The Kier molecular flexibility index (Phi) is 50.0. The number of carbonyl (C=O) groups excluding carboxylic acids is 3. The molecule has 392 valence electrons. The van der Waals surface area contributed by atoms with Crippen LogP contribution in [0.1, 0.15) is 330 Å². The number of hydrogen-bond acceptors (Lipinski definition) is 6. The summed E-state index contributed by atoms with van der Waals surface area (Å²) in [6.07, 6.45) is 53.8. The van der Waals surface area contributed by atoms with E-state index in [2.05, 4.69) is 41.5 Å². The van der Waals surface area contributed by atoms with Crippen molar-refractivity contribution >= 4 is 17.9 Å². The molecule has 0 saturated heterocycles. The highest BCUT2D eigenvalue weighted by Gasteiger charge is 2.19. The summed E-state index contributed by atoms with van der Waals surface area (Å²) >= 11 is 0. The summed E-state index contributed by atoms with van der Waals surface area (Å²) in [4.78, 5) is 38.2. The maximum atomic E-state index is 12.9. The zero-order valence-corrected chi connectivity index (χ0v) is 45.5. The van der Waals surface area contributed by atoms with Gasteiger partial charge in [0.05, 0.1) is 0 Å². The Balaban J connectivity index is 4.31. The fraction of sp³-hybridized carbons (Fsp3) is 0.950. The zero-order valence-electron chi connectivity index (χ0n) is 45.5. The van der Waals surface area contributed by atoms with Crippen LogP contribution in [0.25, 0.3) is 0 Å². The van der Waals surface area contributed by atoms with Crippen LogP contribution in [0.3, 0.4) is 0 Å². The summed E-state index contributed by atoms with van der Waals surface area (Å²) in [6.45, 7) is 13.8. The van der Waals surface area contributed by atoms with Crippen molar-refractivity contribution in [2.75, 3.05) is 13.2 Å². The van der Waals surface area contributed by atoms with Crippen molar-refractivity contribution < 1.29 is 28.6 Å². The first-order valence-electron chi connectivity index (χ1n) is 29.6. The molecular formula is C60H116O6. The molecule has 0 fully saturated rings. The van der Waals surface area contributed by atoms with Gasteiger partial charge in [0.2, 0.25) is 0 Å². The molecule has 0 aliphatic heterocycles. The number of hydrogen-bond donors (Lipinski definition) is 0. The molecule has 0 aliphatic carbocycles. The first-order valence-corrected chi connectivity index (χ1v) is 29.6. The van der Waals surface area contributed by atoms with Crippen LogP contribution in [-0.4, -0.2) is 37.2 Å². The summed E-state index contributed by atoms with van der Waals surface area (Å²) in [5, 5.41) is 0. The minimum Gasteiger partial charge on any atom is -0.462 e. The number of rotatable bonds is 53. The molecular weight excluding hydrogens is 817 g/mol. The first-order chi connectivity index (χ1) is 32.1. The topological polar surface area (TPSA) is 78.9 Å². The van der Waals surface area contributed by atoms with Gasteiger partial charge < -0.3 is 14.2 Å². The Labute approximate surface area is 412 Å². The highest BCUT2D eigenvalue weighted by Crippen LogP contribution is 2.19. The van der Waals surface area contributed by atoms with Crippen molar-refractivity contribution in [1.29, 1.82) is 0 Å². The largest absolute Gasteiger partial charge is 0.462 e. The summed E-state index contributed by atoms with van der Waals surface area (Å²) in [5.41, 5.74) is 0. The molecule has 0 N–H and O–H groups in total. The molecule has 0 amide bonds. The van der Waals surface area contributed by atoms with Gasteiger partial charge in [-0.05, 0) is 37.0 Å². The Morgan fingerprint density at radius 3 is 0.652 bits per heavy atom. The minimum atomic E-state index is -0.764. The van der Waals surface area contributed by atoms with Gasteiger partial charge in [0.15, 0.2) is 6.10 Å². The van der Waals surface area contributed by atoms with Crippen LogP contribution in [0.5, 0.6) is 0 Å². The molecule has 0 radical (unpaired) electrons. The van der Waals surface area contributed by atoms with E-state index >= 15 is 0 Å². The van der Waals surface area contributed by atoms with Gasteiger partial charge in [0.25, 0.3) is 0 Å². The maximum absolute atomic E-state index is 12.9. The lowest BCUT2D eigenvalue weighted by molar-refractivity contribution is -0.167. The Morgan fingerprint density at radius 2 is 0.439 bits per heavy atom. The van der Waals surface area contributed by atoms with Crippen molar-refractivity contribution in [2.45, 2.75) is 337 Å². The van der Waals surface area contributed by atoms with Gasteiger partial charge in [0, 0.05) is 19.3 Å². The van der Waals surface area contributed by atoms with E-state index in [-0.39, 0.29) is 31.1 Å². The van der Waals surface area contributed by atoms with E-state index in [4.69, 9.17) is 14.2 Å². The normalized spacial score (nSPS) is 12.1. The molecule has 0 heterocycles. The molecule has 66 heavy (non-hydrogen) atoms. The number of unbranched alkanes of at least 4 members (excludes halogenated alkanes) is 36. The van der Waals surface area contributed by atoms with Gasteiger partial charge in [-0.1, -0.05) is 292 Å². The minimum absolute atomic E-state index is 0.0632. The van der Waals surface area contributed by atoms with E-state index < -0.39 is 6.10 Å². The highest BCUT2D eigenvalue weighted by molar-refractivity contribution is 5.71. The van der Waals surface area contributed by atoms with E-state index in [1.54, 1.807) is 0 Å². The SMILES string of the molecule is CC(C)CCCCCCCCCCCCCCCCC(=O)OC[C@@H](COC(=O)CCCCCCCCCCCCCCC(C)C)OC(=O)CCCCCCCCCCCCCCCC(C)C. The van der Waals surface area contributed by atoms with E-state index in [1.165, 1.54) is 212 Å². The molecule has 0 unspecified atom stereocenters. The smallest absolute Gasteiger partial charge is 0.306 e. The average molecular weight is 934 g/mol. The molecule has 0 aromatic heterocycles. The molecule has 6 heteroatoms. The van der Waals surface area contributed by atoms with Crippen molar-refractivity contribution in [1.82, 2.24) is 0 Å². The van der Waals surface area contributed by atoms with Crippen LogP contribution < -0.4 is 0 Å². The summed E-state index contributed by atoms with van der Waals surface area (Å²) < 4.78 is 16.9. The van der Waals surface area contributed by atoms with Crippen molar-refractivity contribution in [3.63, 3.8) is 0 Å². The molecule has 0 spiro atoms. The second-order valence-electron chi connectivity index (χ2n) is 22.1. The molecule has 0 saturated carbocycles. The van der Waals surface area contributed by atoms with Gasteiger partial charge in [-0.2, -0.15) is 0 Å². The Bertz CT molecular complexity index is 1020. The molecule has 0 bridgehead atoms. The van der Waals surface area contributed by atoms with Crippen LogP contribution >= 0.6 is 0 Å². The second kappa shape index (κ2) is 51.3. The van der Waals surface area contributed by atoms with E-state index in [0.717, 1.165) is 75.5 Å². The Morgan fingerprint density at radius 1 is 0.258 bits per heavy atom. The number of carbonyl (C=O) groups is 3.